The number of aliphatic imine (C=N–C) groups is 1. The van der Waals surface area contributed by atoms with Crippen LogP contribution in [0.15, 0.2) is 29.3 Å². The van der Waals surface area contributed by atoms with E-state index in [0.29, 0.717) is 18.2 Å². The standard InChI is InChI=1S/C21H33FN4O.HI/c1-3-19(27-20-7-5-6-17(22)12-20)14-25-21(23-4-2)24-13-16-10-11-26(15-16)18-8-9-18;/h5-7,12,16,18-19H,3-4,8-11,13-15H2,1-2H3,(H2,23,24,25);1H. The fraction of sp³-hybridized carbons (Fsp3) is 0.667. The number of rotatable bonds is 9. The van der Waals surface area contributed by atoms with E-state index in [0.717, 1.165) is 31.5 Å². The second-order valence-corrected chi connectivity index (χ2v) is 7.59. The van der Waals surface area contributed by atoms with Crippen molar-refractivity contribution in [3.8, 4) is 5.75 Å². The number of nitrogens with one attached hydrogen (secondary N) is 2. The summed E-state index contributed by atoms with van der Waals surface area (Å²) in [7, 11) is 0. The van der Waals surface area contributed by atoms with Crippen molar-refractivity contribution in [1.82, 2.24) is 15.5 Å². The van der Waals surface area contributed by atoms with E-state index in [-0.39, 0.29) is 35.9 Å². The number of hydrogen-bond donors (Lipinski definition) is 2. The van der Waals surface area contributed by atoms with E-state index >= 15 is 0 Å². The summed E-state index contributed by atoms with van der Waals surface area (Å²) in [6.07, 6.45) is 4.78. The van der Waals surface area contributed by atoms with E-state index in [4.69, 9.17) is 9.73 Å². The molecule has 5 nitrogen and oxygen atoms in total. The number of guanidine groups is 1. The lowest BCUT2D eigenvalue weighted by molar-refractivity contribution is 0.205. The van der Waals surface area contributed by atoms with Crippen LogP contribution in [0.3, 0.4) is 0 Å². The number of hydrogen-bond acceptors (Lipinski definition) is 3. The van der Waals surface area contributed by atoms with Crippen LogP contribution in [0.25, 0.3) is 0 Å². The van der Waals surface area contributed by atoms with Crippen molar-refractivity contribution in [2.24, 2.45) is 10.9 Å². The maximum Gasteiger partial charge on any atom is 0.191 e. The first-order valence-electron chi connectivity index (χ1n) is 10.4. The lowest BCUT2D eigenvalue weighted by Gasteiger charge is -2.19. The van der Waals surface area contributed by atoms with Gasteiger partial charge in [0.2, 0.25) is 0 Å². The Bertz CT molecular complexity index is 626. The largest absolute Gasteiger partial charge is 0.488 e. The van der Waals surface area contributed by atoms with Crippen molar-refractivity contribution < 1.29 is 9.13 Å². The molecule has 0 amide bonds. The first-order chi connectivity index (χ1) is 13.2. The van der Waals surface area contributed by atoms with E-state index in [1.807, 2.05) is 0 Å². The zero-order chi connectivity index (χ0) is 19.1. The molecular weight excluding hydrogens is 470 g/mol. The summed E-state index contributed by atoms with van der Waals surface area (Å²) >= 11 is 0. The van der Waals surface area contributed by atoms with Gasteiger partial charge in [0.15, 0.2) is 5.96 Å². The molecule has 2 atom stereocenters. The Kier molecular flexibility index (Phi) is 9.77. The van der Waals surface area contributed by atoms with Gasteiger partial charge in [0.1, 0.15) is 17.7 Å². The molecule has 2 N–H and O–H groups in total. The lowest BCUT2D eigenvalue weighted by atomic mass is 10.1. The van der Waals surface area contributed by atoms with E-state index in [2.05, 4.69) is 29.4 Å². The Balaban J connectivity index is 0.00000280. The number of halogens is 2. The van der Waals surface area contributed by atoms with Crippen molar-refractivity contribution >= 4 is 29.9 Å². The van der Waals surface area contributed by atoms with Gasteiger partial charge in [0.05, 0.1) is 6.54 Å². The third-order valence-electron chi connectivity index (χ3n) is 5.29. The van der Waals surface area contributed by atoms with Crippen LogP contribution >= 0.6 is 24.0 Å². The van der Waals surface area contributed by atoms with Crippen molar-refractivity contribution in [2.45, 2.75) is 51.7 Å². The average Bonchev–Trinajstić information content (AvgIpc) is 3.41. The number of ether oxygens (including phenoxy) is 1. The van der Waals surface area contributed by atoms with Crippen LogP contribution in [0.5, 0.6) is 5.75 Å². The van der Waals surface area contributed by atoms with Crippen LogP contribution in [0.1, 0.15) is 39.5 Å². The second kappa shape index (κ2) is 11.8. The highest BCUT2D eigenvalue weighted by Gasteiger charge is 2.34. The number of likely N-dealkylation sites (tertiary alicyclic amines) is 1. The molecule has 2 fully saturated rings. The first kappa shape index (κ1) is 23.2. The van der Waals surface area contributed by atoms with Crippen LogP contribution in [0, 0.1) is 11.7 Å². The molecule has 7 heteroatoms. The molecule has 2 aliphatic rings. The highest BCUT2D eigenvalue weighted by Crippen LogP contribution is 2.31. The molecule has 28 heavy (non-hydrogen) atoms. The van der Waals surface area contributed by atoms with Gasteiger partial charge in [-0.3, -0.25) is 0 Å². The van der Waals surface area contributed by atoms with Crippen LogP contribution in [-0.2, 0) is 0 Å². The third-order valence-corrected chi connectivity index (χ3v) is 5.29. The molecule has 1 aliphatic carbocycles. The summed E-state index contributed by atoms with van der Waals surface area (Å²) < 4.78 is 19.2. The highest BCUT2D eigenvalue weighted by atomic mass is 127. The molecule has 2 unspecified atom stereocenters. The quantitative estimate of drug-likeness (QED) is 0.307. The summed E-state index contributed by atoms with van der Waals surface area (Å²) in [6, 6.07) is 7.15. The zero-order valence-electron chi connectivity index (χ0n) is 17.0. The third kappa shape index (κ3) is 7.39. The smallest absolute Gasteiger partial charge is 0.191 e. The van der Waals surface area contributed by atoms with E-state index in [1.54, 1.807) is 12.1 Å². The van der Waals surface area contributed by atoms with Gasteiger partial charge in [-0.15, -0.1) is 24.0 Å². The van der Waals surface area contributed by atoms with Gasteiger partial charge in [-0.1, -0.05) is 13.0 Å². The zero-order valence-corrected chi connectivity index (χ0v) is 19.3. The van der Waals surface area contributed by atoms with E-state index in [9.17, 15) is 4.39 Å². The average molecular weight is 504 g/mol. The molecule has 0 bridgehead atoms. The van der Waals surface area contributed by atoms with Crippen LogP contribution in [0.4, 0.5) is 4.39 Å². The van der Waals surface area contributed by atoms with Crippen molar-refractivity contribution in [1.29, 1.82) is 0 Å². The minimum atomic E-state index is -0.280. The van der Waals surface area contributed by atoms with E-state index < -0.39 is 0 Å². The summed E-state index contributed by atoms with van der Waals surface area (Å²) in [4.78, 5) is 7.33. The predicted octanol–water partition coefficient (Wildman–Crippen LogP) is 3.64. The first-order valence-corrected chi connectivity index (χ1v) is 10.4. The maximum atomic E-state index is 13.3. The SMILES string of the molecule is CCNC(=NCC(CC)Oc1cccc(F)c1)NCC1CCN(C2CC2)C1.I. The molecule has 0 radical (unpaired) electrons. The monoisotopic (exact) mass is 504 g/mol. The van der Waals surface area contributed by atoms with Gasteiger partial charge in [0.25, 0.3) is 0 Å². The van der Waals surface area contributed by atoms with Crippen LogP contribution in [0.2, 0.25) is 0 Å². The maximum absolute atomic E-state index is 13.3. The summed E-state index contributed by atoms with van der Waals surface area (Å²) in [5, 5.41) is 6.81. The molecule has 1 saturated heterocycles. The summed E-state index contributed by atoms with van der Waals surface area (Å²) in [5.41, 5.74) is 0. The molecule has 1 aromatic rings. The number of nitrogens with zero attached hydrogens (tertiary/aromatic N) is 2. The Hall–Kier alpha value is -1.09. The Labute approximate surface area is 185 Å². The normalized spacial score (nSPS) is 21.1. The van der Waals surface area contributed by atoms with Crippen LogP contribution in [-0.4, -0.2) is 55.7 Å². The van der Waals surface area contributed by atoms with Gasteiger partial charge in [-0.2, -0.15) is 0 Å². The van der Waals surface area contributed by atoms with Crippen LogP contribution < -0.4 is 15.4 Å². The van der Waals surface area contributed by atoms with Gasteiger partial charge < -0.3 is 20.3 Å². The summed E-state index contributed by atoms with van der Waals surface area (Å²) in [5.74, 6) is 1.81. The lowest BCUT2D eigenvalue weighted by Crippen LogP contribution is -2.41. The minimum Gasteiger partial charge on any atom is -0.488 e. The molecule has 158 valence electrons. The Morgan fingerprint density at radius 3 is 2.79 bits per heavy atom. The molecule has 1 heterocycles. The fourth-order valence-corrected chi connectivity index (χ4v) is 3.56. The topological polar surface area (TPSA) is 48.9 Å². The fourth-order valence-electron chi connectivity index (χ4n) is 3.56. The van der Waals surface area contributed by atoms with Crippen molar-refractivity contribution in [3.05, 3.63) is 30.1 Å². The Morgan fingerprint density at radius 2 is 2.11 bits per heavy atom. The molecule has 0 aromatic heterocycles. The van der Waals surface area contributed by atoms with Gasteiger partial charge >= 0.3 is 0 Å². The van der Waals surface area contributed by atoms with Gasteiger partial charge in [0, 0.05) is 31.7 Å². The molecule has 0 spiro atoms. The molecular formula is C21H34FIN4O. The predicted molar refractivity (Wildman–Crippen MR) is 123 cm³/mol. The van der Waals surface area contributed by atoms with Gasteiger partial charge in [-0.25, -0.2) is 9.38 Å². The molecule has 1 aromatic carbocycles. The highest BCUT2D eigenvalue weighted by molar-refractivity contribution is 14.0. The Morgan fingerprint density at radius 1 is 1.29 bits per heavy atom. The molecule has 1 saturated carbocycles. The molecule has 3 rings (SSSR count). The van der Waals surface area contributed by atoms with Gasteiger partial charge in [-0.05, 0) is 57.2 Å². The van der Waals surface area contributed by atoms with E-state index in [1.165, 1.54) is 44.5 Å². The summed E-state index contributed by atoms with van der Waals surface area (Å²) in [6.45, 7) is 8.90. The minimum absolute atomic E-state index is 0. The number of benzene rings is 1. The second-order valence-electron chi connectivity index (χ2n) is 7.59. The van der Waals surface area contributed by atoms with Crippen molar-refractivity contribution in [3.63, 3.8) is 0 Å². The van der Waals surface area contributed by atoms with Crippen molar-refractivity contribution in [2.75, 3.05) is 32.7 Å². The molecule has 1 aliphatic heterocycles.